The Kier molecular flexibility index (Phi) is 4.31. The molecule has 0 bridgehead atoms. The van der Waals surface area contributed by atoms with Gasteiger partial charge in [-0.3, -0.25) is 0 Å². The zero-order chi connectivity index (χ0) is 14.6. The number of aromatic nitrogens is 2. The topological polar surface area (TPSA) is 98.0 Å². The summed E-state index contributed by atoms with van der Waals surface area (Å²) >= 11 is 0. The first-order valence-electron chi connectivity index (χ1n) is 6.11. The van der Waals surface area contributed by atoms with Crippen molar-refractivity contribution in [3.8, 4) is 0 Å². The molecule has 0 spiro atoms. The van der Waals surface area contributed by atoms with Gasteiger partial charge in [-0.15, -0.1) is 0 Å². The van der Waals surface area contributed by atoms with Gasteiger partial charge in [0.25, 0.3) is 0 Å². The van der Waals surface area contributed by atoms with E-state index < -0.39 is 10.0 Å². The lowest BCUT2D eigenvalue weighted by atomic mass is 10.1. The molecule has 0 fully saturated rings. The second-order valence-corrected chi connectivity index (χ2v) is 6.20. The maximum atomic E-state index is 12.1. The molecule has 0 aliphatic rings. The highest BCUT2D eigenvalue weighted by atomic mass is 32.2. The minimum Gasteiger partial charge on any atom is -0.368 e. The van der Waals surface area contributed by atoms with Crippen molar-refractivity contribution in [1.82, 2.24) is 14.7 Å². The standard InChI is InChI=1S/C13H16N4O2S/c1-10(7-11-5-3-2-4-6-11)17-20(18,19)12-8-15-13(14)16-9-12/h2-6,8-10,17H,7H2,1H3,(H2,14,15,16). The normalized spacial score (nSPS) is 13.1. The van der Waals surface area contributed by atoms with Crippen LogP contribution in [0.2, 0.25) is 0 Å². The van der Waals surface area contributed by atoms with E-state index in [0.717, 1.165) is 5.56 Å². The van der Waals surface area contributed by atoms with E-state index in [9.17, 15) is 8.42 Å². The van der Waals surface area contributed by atoms with Gasteiger partial charge in [0.1, 0.15) is 4.90 Å². The predicted molar refractivity (Wildman–Crippen MR) is 76.4 cm³/mol. The highest BCUT2D eigenvalue weighted by molar-refractivity contribution is 7.89. The van der Waals surface area contributed by atoms with Crippen LogP contribution in [0.4, 0.5) is 5.95 Å². The zero-order valence-corrected chi connectivity index (χ0v) is 11.8. The van der Waals surface area contributed by atoms with Crippen LogP contribution in [-0.2, 0) is 16.4 Å². The van der Waals surface area contributed by atoms with Crippen molar-refractivity contribution in [1.29, 1.82) is 0 Å². The minimum absolute atomic E-state index is 0.00612. The molecule has 1 aromatic heterocycles. The summed E-state index contributed by atoms with van der Waals surface area (Å²) in [5.41, 5.74) is 6.40. The lowest BCUT2D eigenvalue weighted by molar-refractivity contribution is 0.559. The number of nitrogens with two attached hydrogens (primary N) is 1. The quantitative estimate of drug-likeness (QED) is 0.855. The summed E-state index contributed by atoms with van der Waals surface area (Å²) in [7, 11) is -3.63. The van der Waals surface area contributed by atoms with Gasteiger partial charge < -0.3 is 5.73 Å². The van der Waals surface area contributed by atoms with Crippen LogP contribution < -0.4 is 10.5 Å². The van der Waals surface area contributed by atoms with Crippen LogP contribution in [0.3, 0.4) is 0 Å². The predicted octanol–water partition coefficient (Wildman–Crippen LogP) is 0.968. The molecule has 3 N–H and O–H groups in total. The number of hydrogen-bond acceptors (Lipinski definition) is 5. The highest BCUT2D eigenvalue weighted by Crippen LogP contribution is 2.09. The monoisotopic (exact) mass is 292 g/mol. The van der Waals surface area contributed by atoms with Crippen LogP contribution in [0.1, 0.15) is 12.5 Å². The number of nitrogens with one attached hydrogen (secondary N) is 1. The molecule has 2 rings (SSSR count). The Morgan fingerprint density at radius 1 is 1.20 bits per heavy atom. The van der Waals surface area contributed by atoms with Gasteiger partial charge >= 0.3 is 0 Å². The lowest BCUT2D eigenvalue weighted by Crippen LogP contribution is -2.34. The molecule has 6 nitrogen and oxygen atoms in total. The Morgan fingerprint density at radius 2 is 1.80 bits per heavy atom. The fourth-order valence-electron chi connectivity index (χ4n) is 1.81. The van der Waals surface area contributed by atoms with Gasteiger partial charge in [0.05, 0.1) is 12.4 Å². The van der Waals surface area contributed by atoms with Crippen LogP contribution in [0.25, 0.3) is 0 Å². The summed E-state index contributed by atoms with van der Waals surface area (Å²) in [5.74, 6) is 0.0429. The van der Waals surface area contributed by atoms with Gasteiger partial charge in [-0.2, -0.15) is 0 Å². The van der Waals surface area contributed by atoms with Gasteiger partial charge in [0.2, 0.25) is 16.0 Å². The van der Waals surface area contributed by atoms with Gasteiger partial charge in [-0.25, -0.2) is 23.1 Å². The molecule has 1 unspecified atom stereocenters. The van der Waals surface area contributed by atoms with Gasteiger partial charge in [-0.1, -0.05) is 30.3 Å². The third-order valence-electron chi connectivity index (χ3n) is 2.70. The highest BCUT2D eigenvalue weighted by Gasteiger charge is 2.18. The van der Waals surface area contributed by atoms with Crippen LogP contribution in [-0.4, -0.2) is 24.4 Å². The van der Waals surface area contributed by atoms with Crippen LogP contribution in [0.5, 0.6) is 0 Å². The molecule has 0 aliphatic carbocycles. The molecular formula is C13H16N4O2S. The van der Waals surface area contributed by atoms with E-state index in [1.54, 1.807) is 0 Å². The number of nitrogens with zero attached hydrogens (tertiary/aromatic N) is 2. The van der Waals surface area contributed by atoms with Crippen LogP contribution >= 0.6 is 0 Å². The van der Waals surface area contributed by atoms with Crippen molar-refractivity contribution < 1.29 is 8.42 Å². The Hall–Kier alpha value is -1.99. The number of anilines is 1. The van der Waals surface area contributed by atoms with E-state index in [-0.39, 0.29) is 16.9 Å². The second-order valence-electron chi connectivity index (χ2n) is 4.49. The van der Waals surface area contributed by atoms with Gasteiger partial charge in [-0.05, 0) is 18.9 Å². The molecule has 20 heavy (non-hydrogen) atoms. The van der Waals surface area contributed by atoms with Crippen molar-refractivity contribution in [2.75, 3.05) is 5.73 Å². The summed E-state index contributed by atoms with van der Waals surface area (Å²) in [4.78, 5) is 7.37. The van der Waals surface area contributed by atoms with E-state index in [1.807, 2.05) is 37.3 Å². The fraction of sp³-hybridized carbons (Fsp3) is 0.231. The molecule has 7 heteroatoms. The Balaban J connectivity index is 2.06. The molecule has 2 aromatic rings. The number of nitrogen functional groups attached to an aromatic ring is 1. The van der Waals surface area contributed by atoms with Crippen molar-refractivity contribution in [3.63, 3.8) is 0 Å². The Labute approximate surface area is 118 Å². The van der Waals surface area contributed by atoms with Crippen molar-refractivity contribution in [2.24, 2.45) is 0 Å². The van der Waals surface area contributed by atoms with Crippen molar-refractivity contribution in [2.45, 2.75) is 24.3 Å². The number of benzene rings is 1. The summed E-state index contributed by atoms with van der Waals surface area (Å²) in [6, 6.07) is 9.44. The molecular weight excluding hydrogens is 276 g/mol. The number of rotatable bonds is 5. The smallest absolute Gasteiger partial charge is 0.243 e. The average molecular weight is 292 g/mol. The molecule has 0 saturated carbocycles. The first-order chi connectivity index (χ1) is 9.47. The maximum absolute atomic E-state index is 12.1. The first kappa shape index (κ1) is 14.4. The SMILES string of the molecule is CC(Cc1ccccc1)NS(=O)(=O)c1cnc(N)nc1. The zero-order valence-electron chi connectivity index (χ0n) is 11.0. The molecule has 1 atom stereocenters. The molecule has 0 aliphatic heterocycles. The molecule has 106 valence electrons. The summed E-state index contributed by atoms with van der Waals surface area (Å²) < 4.78 is 26.8. The molecule has 1 heterocycles. The Bertz CT molecular complexity index is 657. The molecule has 0 saturated heterocycles. The largest absolute Gasteiger partial charge is 0.368 e. The number of sulfonamides is 1. The maximum Gasteiger partial charge on any atom is 0.243 e. The third-order valence-corrected chi connectivity index (χ3v) is 4.24. The number of hydrogen-bond donors (Lipinski definition) is 2. The van der Waals surface area contributed by atoms with Crippen LogP contribution in [0, 0.1) is 0 Å². The van der Waals surface area contributed by atoms with E-state index in [4.69, 9.17) is 5.73 Å². The summed E-state index contributed by atoms with van der Waals surface area (Å²) in [5, 5.41) is 0. The second kappa shape index (κ2) is 5.98. The van der Waals surface area contributed by atoms with E-state index in [2.05, 4.69) is 14.7 Å². The third kappa shape index (κ3) is 3.75. The fourth-order valence-corrected chi connectivity index (χ4v) is 2.94. The van der Waals surface area contributed by atoms with Crippen LogP contribution in [0.15, 0.2) is 47.6 Å². The molecule has 0 radical (unpaired) electrons. The molecule has 1 aromatic carbocycles. The summed E-state index contributed by atoms with van der Waals surface area (Å²) in [6.07, 6.45) is 3.00. The Morgan fingerprint density at radius 3 is 2.40 bits per heavy atom. The van der Waals surface area contributed by atoms with E-state index in [0.29, 0.717) is 6.42 Å². The van der Waals surface area contributed by atoms with E-state index in [1.165, 1.54) is 12.4 Å². The lowest BCUT2D eigenvalue weighted by Gasteiger charge is -2.14. The minimum atomic E-state index is -3.63. The van der Waals surface area contributed by atoms with Crippen molar-refractivity contribution >= 4 is 16.0 Å². The van der Waals surface area contributed by atoms with Crippen molar-refractivity contribution in [3.05, 3.63) is 48.3 Å². The van der Waals surface area contributed by atoms with E-state index >= 15 is 0 Å². The van der Waals surface area contributed by atoms with Gasteiger partial charge in [0.15, 0.2) is 0 Å². The van der Waals surface area contributed by atoms with Gasteiger partial charge in [0, 0.05) is 6.04 Å². The first-order valence-corrected chi connectivity index (χ1v) is 7.59. The summed E-state index contributed by atoms with van der Waals surface area (Å²) in [6.45, 7) is 1.81. The molecule has 0 amide bonds. The average Bonchev–Trinajstić information content (AvgIpc) is 2.39.